The zero-order valence-electron chi connectivity index (χ0n) is 14.0. The summed E-state index contributed by atoms with van der Waals surface area (Å²) in [7, 11) is 0. The number of rotatable bonds is 5. The summed E-state index contributed by atoms with van der Waals surface area (Å²) in [5.74, 6) is 0.140. The average molecular weight is 332 g/mol. The largest absolute Gasteiger partial charge is 0.494 e. The molecule has 6 nitrogen and oxygen atoms in total. The number of carbonyl (C=O) groups is 2. The molecular formula is C18H24N2O4. The summed E-state index contributed by atoms with van der Waals surface area (Å²) in [4.78, 5) is 25.7. The Labute approximate surface area is 141 Å². The minimum Gasteiger partial charge on any atom is -0.494 e. The number of urea groups is 1. The number of likely N-dealkylation sites (tertiary alicyclic amines) is 1. The molecule has 2 atom stereocenters. The number of benzene rings is 1. The molecule has 1 heterocycles. The summed E-state index contributed by atoms with van der Waals surface area (Å²) >= 11 is 0. The molecule has 130 valence electrons. The van der Waals surface area contributed by atoms with Gasteiger partial charge in [0, 0.05) is 19.6 Å². The second-order valence-corrected chi connectivity index (χ2v) is 6.67. The van der Waals surface area contributed by atoms with Crippen molar-refractivity contribution in [2.24, 2.45) is 11.3 Å². The van der Waals surface area contributed by atoms with Gasteiger partial charge in [-0.05, 0) is 43.4 Å². The number of hydrogen-bond acceptors (Lipinski definition) is 3. The van der Waals surface area contributed by atoms with Crippen LogP contribution in [0.3, 0.4) is 0 Å². The summed E-state index contributed by atoms with van der Waals surface area (Å²) in [5, 5.41) is 12.5. The number of carboxylic acids is 1. The molecule has 0 bridgehead atoms. The van der Waals surface area contributed by atoms with Gasteiger partial charge >= 0.3 is 12.0 Å². The first-order valence-corrected chi connectivity index (χ1v) is 8.53. The van der Waals surface area contributed by atoms with Crippen molar-refractivity contribution in [3.63, 3.8) is 0 Å². The molecule has 1 aromatic rings. The van der Waals surface area contributed by atoms with E-state index in [-0.39, 0.29) is 11.9 Å². The van der Waals surface area contributed by atoms with Crippen molar-refractivity contribution in [2.45, 2.75) is 32.7 Å². The molecule has 3 rings (SSSR count). The lowest BCUT2D eigenvalue weighted by Gasteiger charge is -2.23. The molecule has 24 heavy (non-hydrogen) atoms. The first-order chi connectivity index (χ1) is 11.5. The molecule has 0 spiro atoms. The number of nitrogens with one attached hydrogen (secondary N) is 1. The Balaban J connectivity index is 1.55. The summed E-state index contributed by atoms with van der Waals surface area (Å²) in [6.07, 6.45) is 2.52. The molecule has 1 aliphatic carbocycles. The van der Waals surface area contributed by atoms with Gasteiger partial charge in [-0.15, -0.1) is 0 Å². The molecule has 6 heteroatoms. The van der Waals surface area contributed by atoms with Crippen LogP contribution in [0.5, 0.6) is 5.75 Å². The lowest BCUT2D eigenvalue weighted by atomic mass is 9.81. The predicted octanol–water partition coefficient (Wildman–Crippen LogP) is 2.48. The molecule has 1 aromatic carbocycles. The molecule has 2 N–H and O–H groups in total. The average Bonchev–Trinajstić information content (AvgIpc) is 3.12. The third-order valence-corrected chi connectivity index (χ3v) is 5.26. The van der Waals surface area contributed by atoms with Crippen molar-refractivity contribution in [1.29, 1.82) is 0 Å². The van der Waals surface area contributed by atoms with Gasteiger partial charge in [-0.1, -0.05) is 18.6 Å². The van der Waals surface area contributed by atoms with Gasteiger partial charge in [0.2, 0.25) is 0 Å². The molecule has 1 saturated carbocycles. The Morgan fingerprint density at radius 1 is 1.38 bits per heavy atom. The summed E-state index contributed by atoms with van der Waals surface area (Å²) in [6.45, 7) is 3.84. The van der Waals surface area contributed by atoms with Crippen LogP contribution in [-0.4, -0.2) is 41.7 Å². The molecule has 1 aliphatic heterocycles. The Hall–Kier alpha value is -2.24. The second kappa shape index (κ2) is 6.71. The van der Waals surface area contributed by atoms with Gasteiger partial charge in [-0.25, -0.2) is 4.79 Å². The maximum Gasteiger partial charge on any atom is 0.317 e. The highest BCUT2D eigenvalue weighted by Gasteiger charge is 2.55. The number of hydrogen-bond donors (Lipinski definition) is 2. The highest BCUT2D eigenvalue weighted by Crippen LogP contribution is 2.48. The van der Waals surface area contributed by atoms with Crippen molar-refractivity contribution in [2.75, 3.05) is 19.7 Å². The third-order valence-electron chi connectivity index (χ3n) is 5.26. The summed E-state index contributed by atoms with van der Waals surface area (Å²) < 4.78 is 5.39. The van der Waals surface area contributed by atoms with E-state index in [0.29, 0.717) is 32.7 Å². The number of carboxylic acid groups (broad SMARTS) is 1. The van der Waals surface area contributed by atoms with E-state index in [1.165, 1.54) is 0 Å². The third kappa shape index (κ3) is 3.05. The number of fused-ring (bicyclic) bond motifs is 1. The van der Waals surface area contributed by atoms with E-state index >= 15 is 0 Å². The van der Waals surface area contributed by atoms with Gasteiger partial charge in [-0.2, -0.15) is 0 Å². The van der Waals surface area contributed by atoms with Crippen molar-refractivity contribution in [3.05, 3.63) is 29.8 Å². The van der Waals surface area contributed by atoms with Gasteiger partial charge in [0.15, 0.2) is 0 Å². The number of carbonyl (C=O) groups excluding carboxylic acids is 1. The van der Waals surface area contributed by atoms with Crippen LogP contribution < -0.4 is 10.1 Å². The van der Waals surface area contributed by atoms with E-state index < -0.39 is 11.4 Å². The molecule has 0 aromatic heterocycles. The van der Waals surface area contributed by atoms with Crippen LogP contribution in [0, 0.1) is 11.3 Å². The lowest BCUT2D eigenvalue weighted by Crippen LogP contribution is -2.41. The van der Waals surface area contributed by atoms with E-state index in [1.54, 1.807) is 4.90 Å². The minimum absolute atomic E-state index is 0.0891. The second-order valence-electron chi connectivity index (χ2n) is 6.67. The monoisotopic (exact) mass is 332 g/mol. The summed E-state index contributed by atoms with van der Waals surface area (Å²) in [6, 6.07) is 7.42. The smallest absolute Gasteiger partial charge is 0.317 e. The Morgan fingerprint density at radius 3 is 2.75 bits per heavy atom. The van der Waals surface area contributed by atoms with Gasteiger partial charge < -0.3 is 20.1 Å². The van der Waals surface area contributed by atoms with Crippen molar-refractivity contribution in [3.8, 4) is 5.75 Å². The fraction of sp³-hybridized carbons (Fsp3) is 0.556. The fourth-order valence-electron chi connectivity index (χ4n) is 3.95. The normalized spacial score (nSPS) is 25.4. The molecule has 0 unspecified atom stereocenters. The molecule has 2 aliphatic rings. The van der Waals surface area contributed by atoms with Crippen LogP contribution >= 0.6 is 0 Å². The van der Waals surface area contributed by atoms with Gasteiger partial charge in [0.1, 0.15) is 5.75 Å². The van der Waals surface area contributed by atoms with Crippen molar-refractivity contribution < 1.29 is 19.4 Å². The quantitative estimate of drug-likeness (QED) is 0.868. The highest BCUT2D eigenvalue weighted by atomic mass is 16.5. The number of aliphatic carboxylic acids is 1. The molecular weight excluding hydrogens is 308 g/mol. The van der Waals surface area contributed by atoms with Crippen LogP contribution in [-0.2, 0) is 11.3 Å². The van der Waals surface area contributed by atoms with Crippen molar-refractivity contribution >= 4 is 12.0 Å². The van der Waals surface area contributed by atoms with Crippen LogP contribution in [0.2, 0.25) is 0 Å². The van der Waals surface area contributed by atoms with E-state index in [4.69, 9.17) is 4.74 Å². The van der Waals surface area contributed by atoms with E-state index in [1.807, 2.05) is 31.2 Å². The fourth-order valence-corrected chi connectivity index (χ4v) is 3.95. The standard InChI is InChI=1S/C18H24N2O4/c1-2-24-15-7-5-13(6-8-15)10-19-17(23)20-11-14-4-3-9-18(14,12-20)16(21)22/h5-8,14H,2-4,9-12H2,1H3,(H,19,23)(H,21,22)/t14-,18+/m0/s1. The van der Waals surface area contributed by atoms with Crippen LogP contribution in [0.15, 0.2) is 24.3 Å². The van der Waals surface area contributed by atoms with Crippen LogP contribution in [0.25, 0.3) is 0 Å². The van der Waals surface area contributed by atoms with E-state index in [9.17, 15) is 14.7 Å². The zero-order chi connectivity index (χ0) is 17.2. The minimum atomic E-state index is -0.758. The van der Waals surface area contributed by atoms with Crippen molar-refractivity contribution in [1.82, 2.24) is 10.2 Å². The zero-order valence-corrected chi connectivity index (χ0v) is 14.0. The summed E-state index contributed by atoms with van der Waals surface area (Å²) in [5.41, 5.74) is 0.260. The van der Waals surface area contributed by atoms with E-state index in [2.05, 4.69) is 5.32 Å². The first kappa shape index (κ1) is 16.6. The van der Waals surface area contributed by atoms with E-state index in [0.717, 1.165) is 24.2 Å². The van der Waals surface area contributed by atoms with Crippen LogP contribution in [0.1, 0.15) is 31.7 Å². The number of nitrogens with zero attached hydrogens (tertiary/aromatic N) is 1. The van der Waals surface area contributed by atoms with Gasteiger partial charge in [0.05, 0.1) is 12.0 Å². The van der Waals surface area contributed by atoms with Gasteiger partial charge in [0.25, 0.3) is 0 Å². The molecule has 1 saturated heterocycles. The maximum absolute atomic E-state index is 12.4. The molecule has 2 amide bonds. The van der Waals surface area contributed by atoms with Gasteiger partial charge in [-0.3, -0.25) is 4.79 Å². The maximum atomic E-state index is 12.4. The lowest BCUT2D eigenvalue weighted by molar-refractivity contribution is -0.149. The first-order valence-electron chi connectivity index (χ1n) is 8.53. The Morgan fingerprint density at radius 2 is 2.12 bits per heavy atom. The number of amides is 2. The predicted molar refractivity (Wildman–Crippen MR) is 88.8 cm³/mol. The van der Waals surface area contributed by atoms with Crippen LogP contribution in [0.4, 0.5) is 4.79 Å². The molecule has 0 radical (unpaired) electrons. The SMILES string of the molecule is CCOc1ccc(CNC(=O)N2C[C@@H]3CCC[C@@]3(C(=O)O)C2)cc1. The highest BCUT2D eigenvalue weighted by molar-refractivity contribution is 5.80. The molecule has 2 fully saturated rings. The Kier molecular flexibility index (Phi) is 4.64. The topological polar surface area (TPSA) is 78.9 Å². The Bertz CT molecular complexity index is 616. The number of ether oxygens (including phenoxy) is 1.